The smallest absolute Gasteiger partial charge is 0.236 e. The Morgan fingerprint density at radius 2 is 2.03 bits per heavy atom. The number of fused-ring (bicyclic) bond motifs is 1. The van der Waals surface area contributed by atoms with E-state index < -0.39 is 5.41 Å². The van der Waals surface area contributed by atoms with Gasteiger partial charge in [-0.3, -0.25) is 9.59 Å². The SMILES string of the molecule is Cc1noc(C)c1CCC(=O)Nc1ccc2c(c1)N(CCC(C)C)C(=O)C(C)(C)CO2. The Morgan fingerprint density at radius 3 is 2.68 bits per heavy atom. The molecule has 2 heterocycles. The number of nitrogens with zero attached hydrogens (tertiary/aromatic N) is 2. The number of ether oxygens (including phenoxy) is 1. The molecule has 7 heteroatoms. The molecular weight excluding hydrogens is 394 g/mol. The Kier molecular flexibility index (Phi) is 6.72. The van der Waals surface area contributed by atoms with Crippen LogP contribution >= 0.6 is 0 Å². The summed E-state index contributed by atoms with van der Waals surface area (Å²) < 4.78 is 11.1. The van der Waals surface area contributed by atoms with Gasteiger partial charge in [0.2, 0.25) is 11.8 Å². The molecule has 0 saturated heterocycles. The van der Waals surface area contributed by atoms with Gasteiger partial charge in [-0.05, 0) is 64.7 Å². The zero-order chi connectivity index (χ0) is 22.8. The maximum Gasteiger partial charge on any atom is 0.236 e. The first-order chi connectivity index (χ1) is 14.6. The number of amides is 2. The third-order valence-electron chi connectivity index (χ3n) is 5.66. The summed E-state index contributed by atoms with van der Waals surface area (Å²) in [4.78, 5) is 27.6. The van der Waals surface area contributed by atoms with Gasteiger partial charge < -0.3 is 19.5 Å². The molecule has 0 bridgehead atoms. The maximum absolute atomic E-state index is 13.2. The van der Waals surface area contributed by atoms with Gasteiger partial charge in [-0.15, -0.1) is 0 Å². The fourth-order valence-corrected chi connectivity index (χ4v) is 3.65. The predicted octanol–water partition coefficient (Wildman–Crippen LogP) is 4.66. The molecule has 3 rings (SSSR count). The van der Waals surface area contributed by atoms with Crippen molar-refractivity contribution in [2.75, 3.05) is 23.4 Å². The average molecular weight is 428 g/mol. The molecular formula is C24H33N3O4. The van der Waals surface area contributed by atoms with Crippen LogP contribution in [-0.2, 0) is 16.0 Å². The molecule has 168 valence electrons. The van der Waals surface area contributed by atoms with Crippen molar-refractivity contribution in [1.82, 2.24) is 5.16 Å². The van der Waals surface area contributed by atoms with Crippen LogP contribution in [0, 0.1) is 25.2 Å². The molecule has 31 heavy (non-hydrogen) atoms. The number of carbonyl (C=O) groups excluding carboxylic acids is 2. The second-order valence-electron chi connectivity index (χ2n) is 9.35. The molecule has 0 spiro atoms. The minimum absolute atomic E-state index is 0.0359. The van der Waals surface area contributed by atoms with E-state index in [4.69, 9.17) is 9.26 Å². The predicted molar refractivity (Wildman–Crippen MR) is 120 cm³/mol. The lowest BCUT2D eigenvalue weighted by molar-refractivity contribution is -0.127. The van der Waals surface area contributed by atoms with Gasteiger partial charge in [0, 0.05) is 24.2 Å². The number of aryl methyl sites for hydroxylation is 2. The van der Waals surface area contributed by atoms with Crippen LogP contribution in [0.25, 0.3) is 0 Å². The molecule has 1 N–H and O–H groups in total. The van der Waals surface area contributed by atoms with Crippen molar-refractivity contribution in [3.63, 3.8) is 0 Å². The van der Waals surface area contributed by atoms with Gasteiger partial charge in [-0.2, -0.15) is 0 Å². The second-order valence-corrected chi connectivity index (χ2v) is 9.35. The van der Waals surface area contributed by atoms with E-state index in [0.29, 0.717) is 49.0 Å². The number of carbonyl (C=O) groups is 2. The molecule has 1 aromatic carbocycles. The summed E-state index contributed by atoms with van der Waals surface area (Å²) in [7, 11) is 0. The lowest BCUT2D eigenvalue weighted by Crippen LogP contribution is -2.42. The van der Waals surface area contributed by atoms with Crippen LogP contribution in [0.2, 0.25) is 0 Å². The summed E-state index contributed by atoms with van der Waals surface area (Å²) >= 11 is 0. The van der Waals surface area contributed by atoms with Gasteiger partial charge in [0.1, 0.15) is 18.1 Å². The van der Waals surface area contributed by atoms with E-state index in [0.717, 1.165) is 23.4 Å². The monoisotopic (exact) mass is 427 g/mol. The lowest BCUT2D eigenvalue weighted by Gasteiger charge is -2.28. The van der Waals surface area contributed by atoms with E-state index >= 15 is 0 Å². The van der Waals surface area contributed by atoms with E-state index in [1.807, 2.05) is 50.8 Å². The Hall–Kier alpha value is -2.83. The van der Waals surface area contributed by atoms with Crippen LogP contribution in [0.1, 0.15) is 57.6 Å². The van der Waals surface area contributed by atoms with Crippen molar-refractivity contribution in [2.24, 2.45) is 11.3 Å². The topological polar surface area (TPSA) is 84.7 Å². The zero-order valence-corrected chi connectivity index (χ0v) is 19.4. The number of rotatable bonds is 7. The first kappa shape index (κ1) is 22.8. The van der Waals surface area contributed by atoms with Crippen LogP contribution in [0.15, 0.2) is 22.7 Å². The summed E-state index contributed by atoms with van der Waals surface area (Å²) in [6.45, 7) is 12.7. The van der Waals surface area contributed by atoms with Crippen molar-refractivity contribution in [3.05, 3.63) is 35.2 Å². The summed E-state index contributed by atoms with van der Waals surface area (Å²) in [6.07, 6.45) is 1.77. The summed E-state index contributed by atoms with van der Waals surface area (Å²) in [5.41, 5.74) is 2.52. The molecule has 7 nitrogen and oxygen atoms in total. The van der Waals surface area contributed by atoms with Crippen LogP contribution in [0.5, 0.6) is 5.75 Å². The van der Waals surface area contributed by atoms with Crippen LogP contribution in [0.4, 0.5) is 11.4 Å². The lowest BCUT2D eigenvalue weighted by atomic mass is 9.92. The quantitative estimate of drug-likeness (QED) is 0.695. The molecule has 2 amide bonds. The summed E-state index contributed by atoms with van der Waals surface area (Å²) in [5, 5.41) is 6.89. The molecule has 0 atom stereocenters. The minimum atomic E-state index is -0.617. The highest BCUT2D eigenvalue weighted by atomic mass is 16.5. The van der Waals surface area contributed by atoms with Crippen molar-refractivity contribution >= 4 is 23.2 Å². The molecule has 1 aromatic heterocycles. The zero-order valence-electron chi connectivity index (χ0n) is 19.4. The first-order valence-corrected chi connectivity index (χ1v) is 10.9. The van der Waals surface area contributed by atoms with Crippen LogP contribution in [0.3, 0.4) is 0 Å². The molecule has 1 aliphatic rings. The molecule has 0 fully saturated rings. The van der Waals surface area contributed by atoms with Gasteiger partial charge in [-0.1, -0.05) is 19.0 Å². The first-order valence-electron chi connectivity index (χ1n) is 10.9. The van der Waals surface area contributed by atoms with Crippen molar-refractivity contribution in [3.8, 4) is 5.75 Å². The number of anilines is 2. The Bertz CT molecular complexity index is 942. The fraction of sp³-hybridized carbons (Fsp3) is 0.542. The third kappa shape index (κ3) is 5.27. The molecule has 0 radical (unpaired) electrons. The highest BCUT2D eigenvalue weighted by Crippen LogP contribution is 2.38. The molecule has 0 unspecified atom stereocenters. The van der Waals surface area contributed by atoms with Crippen molar-refractivity contribution in [2.45, 2.75) is 60.8 Å². The number of hydrogen-bond donors (Lipinski definition) is 1. The summed E-state index contributed by atoms with van der Waals surface area (Å²) in [6, 6.07) is 5.48. The number of hydrogen-bond acceptors (Lipinski definition) is 5. The van der Waals surface area contributed by atoms with E-state index in [9.17, 15) is 9.59 Å². The van der Waals surface area contributed by atoms with Gasteiger partial charge in [0.15, 0.2) is 0 Å². The molecule has 2 aromatic rings. The normalized spacial score (nSPS) is 15.5. The van der Waals surface area contributed by atoms with E-state index in [1.54, 1.807) is 0 Å². The number of aromatic nitrogens is 1. The number of benzene rings is 1. The molecule has 0 saturated carbocycles. The van der Waals surface area contributed by atoms with Gasteiger partial charge in [0.25, 0.3) is 0 Å². The second kappa shape index (κ2) is 9.12. The number of nitrogens with one attached hydrogen (secondary N) is 1. The van der Waals surface area contributed by atoms with Gasteiger partial charge in [-0.25, -0.2) is 0 Å². The Labute approximate surface area is 184 Å². The highest BCUT2D eigenvalue weighted by Gasteiger charge is 2.37. The van der Waals surface area contributed by atoms with E-state index in [-0.39, 0.29) is 11.8 Å². The van der Waals surface area contributed by atoms with Crippen molar-refractivity contribution < 1.29 is 18.8 Å². The highest BCUT2D eigenvalue weighted by molar-refractivity contribution is 6.00. The fourth-order valence-electron chi connectivity index (χ4n) is 3.65. The molecule has 1 aliphatic heterocycles. The van der Waals surface area contributed by atoms with Gasteiger partial charge in [0.05, 0.1) is 16.8 Å². The third-order valence-corrected chi connectivity index (χ3v) is 5.66. The van der Waals surface area contributed by atoms with Crippen molar-refractivity contribution in [1.29, 1.82) is 0 Å². The average Bonchev–Trinajstić information content (AvgIpc) is 2.98. The standard InChI is InChI=1S/C24H33N3O4/c1-15(2)11-12-27-20-13-18(7-9-21(20)30-14-24(5,6)23(27)29)25-22(28)10-8-19-16(3)26-31-17(19)4/h7,9,13,15H,8,10-12,14H2,1-6H3,(H,25,28). The van der Waals surface area contributed by atoms with Crippen LogP contribution in [-0.4, -0.2) is 30.1 Å². The largest absolute Gasteiger partial charge is 0.490 e. The molecule has 0 aliphatic carbocycles. The van der Waals surface area contributed by atoms with Gasteiger partial charge >= 0.3 is 0 Å². The Balaban J connectivity index is 1.77. The van der Waals surface area contributed by atoms with E-state index in [2.05, 4.69) is 24.3 Å². The van der Waals surface area contributed by atoms with Crippen LogP contribution < -0.4 is 15.0 Å². The Morgan fingerprint density at radius 1 is 1.29 bits per heavy atom. The summed E-state index contributed by atoms with van der Waals surface area (Å²) in [5.74, 6) is 1.81. The maximum atomic E-state index is 13.2. The van der Waals surface area contributed by atoms with E-state index in [1.165, 1.54) is 0 Å². The minimum Gasteiger partial charge on any atom is -0.490 e.